The van der Waals surface area contributed by atoms with Crippen molar-refractivity contribution in [2.75, 3.05) is 0 Å². The fourth-order valence-corrected chi connectivity index (χ4v) is 2.19. The van der Waals surface area contributed by atoms with E-state index in [1.54, 1.807) is 0 Å². The van der Waals surface area contributed by atoms with Crippen LogP contribution < -0.4 is 4.18 Å². The quantitative estimate of drug-likeness (QED) is 0.514. The first-order valence-corrected chi connectivity index (χ1v) is 6.93. The topological polar surface area (TPSA) is 63.6 Å². The number of phenols is 1. The highest BCUT2D eigenvalue weighted by molar-refractivity contribution is 7.88. The van der Waals surface area contributed by atoms with E-state index in [0.29, 0.717) is 6.07 Å². The zero-order valence-corrected chi connectivity index (χ0v) is 11.4. The van der Waals surface area contributed by atoms with E-state index >= 15 is 0 Å². The van der Waals surface area contributed by atoms with E-state index in [9.17, 15) is 31.1 Å². The number of halogens is 5. The van der Waals surface area contributed by atoms with Crippen molar-refractivity contribution in [3.8, 4) is 11.5 Å². The molecule has 1 N–H and O–H groups in total. The van der Waals surface area contributed by atoms with Gasteiger partial charge in [-0.1, -0.05) is 17.7 Å². The van der Waals surface area contributed by atoms with Crippen molar-refractivity contribution in [2.24, 2.45) is 0 Å². The maximum atomic E-state index is 13.9. The molecule has 4 nitrogen and oxygen atoms in total. The minimum Gasteiger partial charge on any atom is -0.508 e. The van der Waals surface area contributed by atoms with Gasteiger partial charge in [0.2, 0.25) is 0 Å². The molecule has 0 aromatic heterocycles. The standard InChI is InChI=1S/C11H5ClF4O4S/c12-7-2-1-5-3-6(17)4-8(9(5)10(7)13)20-21(18,19)11(14,15)16/h1-4,17H. The summed E-state index contributed by atoms with van der Waals surface area (Å²) >= 11 is 5.50. The molecule has 0 saturated carbocycles. The Morgan fingerprint density at radius 2 is 1.81 bits per heavy atom. The first-order chi connectivity index (χ1) is 9.53. The number of aromatic hydroxyl groups is 1. The lowest BCUT2D eigenvalue weighted by Crippen LogP contribution is -2.28. The predicted octanol–water partition coefficient (Wildman–Crippen LogP) is 3.57. The molecule has 2 aromatic carbocycles. The molecule has 0 aliphatic carbocycles. The summed E-state index contributed by atoms with van der Waals surface area (Å²) < 4.78 is 76.7. The number of alkyl halides is 3. The monoisotopic (exact) mass is 344 g/mol. The minimum atomic E-state index is -6.01. The summed E-state index contributed by atoms with van der Waals surface area (Å²) in [5.41, 5.74) is -5.69. The smallest absolute Gasteiger partial charge is 0.508 e. The summed E-state index contributed by atoms with van der Waals surface area (Å²) in [6.07, 6.45) is 0. The Labute approximate surface area is 120 Å². The predicted molar refractivity (Wildman–Crippen MR) is 66.2 cm³/mol. The van der Waals surface area contributed by atoms with Gasteiger partial charge in [-0.05, 0) is 17.5 Å². The van der Waals surface area contributed by atoms with E-state index < -0.39 is 43.4 Å². The largest absolute Gasteiger partial charge is 0.534 e. The van der Waals surface area contributed by atoms with Gasteiger partial charge in [-0.25, -0.2) is 4.39 Å². The van der Waals surface area contributed by atoms with Crippen LogP contribution in [0.1, 0.15) is 0 Å². The van der Waals surface area contributed by atoms with Crippen molar-refractivity contribution in [1.82, 2.24) is 0 Å². The van der Waals surface area contributed by atoms with Crippen LogP contribution in [0, 0.1) is 5.82 Å². The van der Waals surface area contributed by atoms with Gasteiger partial charge in [0.15, 0.2) is 11.6 Å². The molecule has 0 saturated heterocycles. The van der Waals surface area contributed by atoms with Gasteiger partial charge in [-0.2, -0.15) is 21.6 Å². The third-order valence-electron chi connectivity index (χ3n) is 2.44. The van der Waals surface area contributed by atoms with Crippen molar-refractivity contribution in [3.63, 3.8) is 0 Å². The summed E-state index contributed by atoms with van der Waals surface area (Å²) in [6, 6.07) is 3.85. The van der Waals surface area contributed by atoms with Crippen molar-refractivity contribution >= 4 is 32.5 Å². The second kappa shape index (κ2) is 4.92. The lowest BCUT2D eigenvalue weighted by Gasteiger charge is -2.12. The van der Waals surface area contributed by atoms with Crippen LogP contribution in [0.4, 0.5) is 17.6 Å². The number of rotatable bonds is 2. The third-order valence-corrected chi connectivity index (χ3v) is 3.70. The second-order valence-electron chi connectivity index (χ2n) is 3.89. The molecule has 0 radical (unpaired) electrons. The average molecular weight is 345 g/mol. The number of hydrogen-bond donors (Lipinski definition) is 1. The van der Waals surface area contributed by atoms with Crippen molar-refractivity contribution in [1.29, 1.82) is 0 Å². The van der Waals surface area contributed by atoms with Crippen molar-refractivity contribution in [3.05, 3.63) is 35.1 Å². The fraction of sp³-hybridized carbons (Fsp3) is 0.0909. The highest BCUT2D eigenvalue weighted by atomic mass is 35.5. The summed E-state index contributed by atoms with van der Waals surface area (Å²) in [4.78, 5) is 0. The van der Waals surface area contributed by atoms with Crippen LogP contribution in [-0.2, 0) is 10.1 Å². The Morgan fingerprint density at radius 3 is 2.38 bits per heavy atom. The average Bonchev–Trinajstić information content (AvgIpc) is 2.31. The highest BCUT2D eigenvalue weighted by Gasteiger charge is 2.48. The molecule has 0 unspecified atom stereocenters. The molecular weight excluding hydrogens is 340 g/mol. The number of fused-ring (bicyclic) bond motifs is 1. The van der Waals surface area contributed by atoms with E-state index in [2.05, 4.69) is 4.18 Å². The maximum Gasteiger partial charge on any atom is 0.534 e. The van der Waals surface area contributed by atoms with Crippen molar-refractivity contribution in [2.45, 2.75) is 5.51 Å². The molecule has 2 rings (SSSR count). The Morgan fingerprint density at radius 1 is 1.19 bits per heavy atom. The van der Waals surface area contributed by atoms with E-state index in [4.69, 9.17) is 11.6 Å². The first kappa shape index (κ1) is 15.6. The van der Waals surface area contributed by atoms with E-state index in [1.807, 2.05) is 0 Å². The van der Waals surface area contributed by atoms with Gasteiger partial charge in [-0.3, -0.25) is 0 Å². The molecule has 2 aromatic rings. The number of phenolic OH excluding ortho intramolecular Hbond substituents is 1. The summed E-state index contributed by atoms with van der Waals surface area (Å²) in [6.45, 7) is 0. The Balaban J connectivity index is 2.72. The molecule has 0 bridgehead atoms. The normalized spacial score (nSPS) is 12.6. The number of benzene rings is 2. The van der Waals surface area contributed by atoms with Crippen LogP contribution in [-0.4, -0.2) is 19.0 Å². The molecule has 0 aliphatic rings. The molecule has 10 heteroatoms. The third kappa shape index (κ3) is 2.84. The van der Waals surface area contributed by atoms with Gasteiger partial charge in [0, 0.05) is 6.07 Å². The summed E-state index contributed by atoms with van der Waals surface area (Å²) in [7, 11) is -6.01. The fourth-order valence-electron chi connectivity index (χ4n) is 1.57. The van der Waals surface area contributed by atoms with Crippen LogP contribution in [0.15, 0.2) is 24.3 Å². The lowest BCUT2D eigenvalue weighted by atomic mass is 10.1. The van der Waals surface area contributed by atoms with E-state index in [-0.39, 0.29) is 5.39 Å². The summed E-state index contributed by atoms with van der Waals surface area (Å²) in [5.74, 6) is -2.78. The number of hydrogen-bond acceptors (Lipinski definition) is 4. The van der Waals surface area contributed by atoms with Crippen LogP contribution in [0.5, 0.6) is 11.5 Å². The molecule has 0 atom stereocenters. The Bertz CT molecular complexity index is 817. The van der Waals surface area contributed by atoms with Gasteiger partial charge < -0.3 is 9.29 Å². The summed E-state index contributed by atoms with van der Waals surface area (Å²) in [5, 5.41) is 8.25. The molecule has 0 amide bonds. The molecule has 0 aliphatic heterocycles. The van der Waals surface area contributed by atoms with Crippen LogP contribution in [0.2, 0.25) is 5.02 Å². The van der Waals surface area contributed by atoms with Gasteiger partial charge in [0.25, 0.3) is 0 Å². The van der Waals surface area contributed by atoms with E-state index in [0.717, 1.165) is 12.1 Å². The SMILES string of the molecule is O=S(=O)(Oc1cc(O)cc2ccc(Cl)c(F)c12)C(F)(F)F. The van der Waals surface area contributed by atoms with Gasteiger partial charge >= 0.3 is 15.6 Å². The Hall–Kier alpha value is -1.74. The first-order valence-electron chi connectivity index (χ1n) is 5.14. The van der Waals surface area contributed by atoms with Gasteiger partial charge in [0.1, 0.15) is 5.75 Å². The molecule has 114 valence electrons. The van der Waals surface area contributed by atoms with Crippen molar-refractivity contribution < 1.29 is 35.3 Å². The molecular formula is C11H5ClF4O4S. The van der Waals surface area contributed by atoms with Crippen LogP contribution >= 0.6 is 11.6 Å². The zero-order chi connectivity index (χ0) is 16.0. The highest BCUT2D eigenvalue weighted by Crippen LogP contribution is 2.38. The van der Waals surface area contributed by atoms with Crippen LogP contribution in [0.25, 0.3) is 10.8 Å². The van der Waals surface area contributed by atoms with E-state index in [1.165, 1.54) is 6.07 Å². The Kier molecular flexibility index (Phi) is 3.66. The van der Waals surface area contributed by atoms with Crippen LogP contribution in [0.3, 0.4) is 0 Å². The molecule has 0 fully saturated rings. The lowest BCUT2D eigenvalue weighted by molar-refractivity contribution is -0.0499. The molecule has 0 heterocycles. The maximum absolute atomic E-state index is 13.9. The minimum absolute atomic E-state index is 0.0794. The van der Waals surface area contributed by atoms with Gasteiger partial charge in [0.05, 0.1) is 10.4 Å². The molecule has 0 spiro atoms. The zero-order valence-electron chi connectivity index (χ0n) is 9.78. The molecule has 21 heavy (non-hydrogen) atoms. The van der Waals surface area contributed by atoms with Gasteiger partial charge in [-0.15, -0.1) is 0 Å². The second-order valence-corrected chi connectivity index (χ2v) is 5.83.